The van der Waals surface area contributed by atoms with Gasteiger partial charge in [-0.05, 0) is 13.0 Å². The van der Waals surface area contributed by atoms with Crippen molar-refractivity contribution in [3.8, 4) is 0 Å². The summed E-state index contributed by atoms with van der Waals surface area (Å²) in [5.74, 6) is -0.0688. The van der Waals surface area contributed by atoms with E-state index in [1.807, 2.05) is 29.2 Å². The van der Waals surface area contributed by atoms with Crippen LogP contribution >= 0.6 is 12.4 Å². The molecule has 1 atom stereocenters. The summed E-state index contributed by atoms with van der Waals surface area (Å²) in [6.07, 6.45) is 0. The van der Waals surface area contributed by atoms with Gasteiger partial charge in [0.25, 0.3) is 5.91 Å². The lowest BCUT2D eigenvalue weighted by molar-refractivity contribution is 0.0711. The van der Waals surface area contributed by atoms with Gasteiger partial charge in [-0.25, -0.2) is 0 Å². The lowest BCUT2D eigenvalue weighted by Gasteiger charge is -2.32. The molecule has 0 aliphatic carbocycles. The number of piperazine rings is 1. The number of halogens is 1. The molecule has 2 aromatic rings. The second kappa shape index (κ2) is 6.28. The minimum atomic E-state index is -0.241. The number of pyridine rings is 1. The fraction of sp³-hybridized carbons (Fsp3) is 0.333. The van der Waals surface area contributed by atoms with Crippen molar-refractivity contribution >= 4 is 29.2 Å². The first kappa shape index (κ1) is 15.5. The maximum Gasteiger partial charge on any atom is 0.254 e. The molecule has 0 spiro atoms. The molecule has 1 aromatic carbocycles. The Balaban J connectivity index is 0.00000161. The zero-order valence-corrected chi connectivity index (χ0v) is 12.6. The van der Waals surface area contributed by atoms with E-state index in [0.717, 1.165) is 11.9 Å². The maximum absolute atomic E-state index is 12.7. The Kier molecular flexibility index (Phi) is 4.65. The molecular weight excluding hydrogens is 290 g/mol. The molecule has 3 rings (SSSR count). The number of nitrogens with zero attached hydrogens (tertiary/aromatic N) is 1. The minimum Gasteiger partial charge on any atom is -0.336 e. The average Bonchev–Trinajstić information content (AvgIpc) is 2.45. The number of carbonyl (C=O) groups is 1. The van der Waals surface area contributed by atoms with Gasteiger partial charge in [0.05, 0.1) is 5.56 Å². The number of amides is 1. The third-order valence-corrected chi connectivity index (χ3v) is 3.64. The zero-order chi connectivity index (χ0) is 14.1. The molecule has 112 valence electrons. The van der Waals surface area contributed by atoms with Gasteiger partial charge in [0.2, 0.25) is 5.56 Å². The van der Waals surface area contributed by atoms with Crippen molar-refractivity contribution in [1.29, 1.82) is 0 Å². The van der Waals surface area contributed by atoms with Gasteiger partial charge in [0.1, 0.15) is 0 Å². The number of carbonyl (C=O) groups excluding carboxylic acids is 1. The Morgan fingerprint density at radius 1 is 1.33 bits per heavy atom. The Labute approximate surface area is 128 Å². The standard InChI is InChI=1S/C15H17N3O2.ClH/c1-10-9-18(7-6-16-10)15(20)12-8-14(19)17-13-5-3-2-4-11(12)13;/h2-5,8,10,16H,6-7,9H2,1H3,(H,17,19);1H/t10-;/m0./s1. The van der Waals surface area contributed by atoms with E-state index >= 15 is 0 Å². The summed E-state index contributed by atoms with van der Waals surface area (Å²) in [4.78, 5) is 28.9. The highest BCUT2D eigenvalue weighted by Gasteiger charge is 2.23. The van der Waals surface area contributed by atoms with Crippen LogP contribution in [0.2, 0.25) is 0 Å². The number of H-pyrrole nitrogens is 1. The molecule has 1 aromatic heterocycles. The molecule has 1 amide bonds. The molecule has 0 saturated carbocycles. The van der Waals surface area contributed by atoms with Gasteiger partial charge >= 0.3 is 0 Å². The topological polar surface area (TPSA) is 65.2 Å². The van der Waals surface area contributed by atoms with Gasteiger partial charge in [-0.15, -0.1) is 12.4 Å². The van der Waals surface area contributed by atoms with Crippen molar-refractivity contribution in [3.63, 3.8) is 0 Å². The molecule has 0 unspecified atom stereocenters. The van der Waals surface area contributed by atoms with Gasteiger partial charge in [0.15, 0.2) is 0 Å². The lowest BCUT2D eigenvalue weighted by Crippen LogP contribution is -2.51. The molecule has 6 heteroatoms. The smallest absolute Gasteiger partial charge is 0.254 e. The number of hydrogen-bond donors (Lipinski definition) is 2. The fourth-order valence-electron chi connectivity index (χ4n) is 2.67. The van der Waals surface area contributed by atoms with E-state index in [9.17, 15) is 9.59 Å². The van der Waals surface area contributed by atoms with E-state index in [0.29, 0.717) is 24.2 Å². The Morgan fingerprint density at radius 2 is 2.10 bits per heavy atom. The van der Waals surface area contributed by atoms with Gasteiger partial charge < -0.3 is 15.2 Å². The number of para-hydroxylation sites is 1. The first-order chi connectivity index (χ1) is 9.65. The van der Waals surface area contributed by atoms with Crippen LogP contribution in [0.3, 0.4) is 0 Å². The fourth-order valence-corrected chi connectivity index (χ4v) is 2.67. The van der Waals surface area contributed by atoms with Crippen LogP contribution in [-0.2, 0) is 0 Å². The molecule has 1 fully saturated rings. The molecule has 2 N–H and O–H groups in total. The number of rotatable bonds is 1. The number of nitrogens with one attached hydrogen (secondary N) is 2. The van der Waals surface area contributed by atoms with Gasteiger partial charge in [0, 0.05) is 42.6 Å². The summed E-state index contributed by atoms with van der Waals surface area (Å²) in [5.41, 5.74) is 0.945. The zero-order valence-electron chi connectivity index (χ0n) is 11.8. The van der Waals surface area contributed by atoms with E-state index in [2.05, 4.69) is 17.2 Å². The summed E-state index contributed by atoms with van der Waals surface area (Å²) in [5, 5.41) is 4.10. The molecule has 0 radical (unpaired) electrons. The highest BCUT2D eigenvalue weighted by atomic mass is 35.5. The van der Waals surface area contributed by atoms with E-state index in [4.69, 9.17) is 0 Å². The molecular formula is C15H18ClN3O2. The van der Waals surface area contributed by atoms with Crippen LogP contribution < -0.4 is 10.9 Å². The van der Waals surface area contributed by atoms with Crippen molar-refractivity contribution in [2.45, 2.75) is 13.0 Å². The van der Waals surface area contributed by atoms with Crippen molar-refractivity contribution in [1.82, 2.24) is 15.2 Å². The second-order valence-corrected chi connectivity index (χ2v) is 5.20. The van der Waals surface area contributed by atoms with Crippen LogP contribution in [0.25, 0.3) is 10.9 Å². The van der Waals surface area contributed by atoms with Crippen LogP contribution in [0.5, 0.6) is 0 Å². The van der Waals surface area contributed by atoms with Crippen molar-refractivity contribution < 1.29 is 4.79 Å². The SMILES string of the molecule is C[C@H]1CN(C(=O)c2cc(=O)[nH]c3ccccc23)CCN1.Cl. The minimum absolute atomic E-state index is 0. The average molecular weight is 308 g/mol. The van der Waals surface area contributed by atoms with Crippen molar-refractivity contribution in [2.75, 3.05) is 19.6 Å². The molecule has 1 aliphatic rings. The second-order valence-electron chi connectivity index (χ2n) is 5.20. The number of benzene rings is 1. The van der Waals surface area contributed by atoms with E-state index in [1.54, 1.807) is 0 Å². The van der Waals surface area contributed by atoms with Crippen molar-refractivity contribution in [2.24, 2.45) is 0 Å². The predicted molar refractivity (Wildman–Crippen MR) is 85.2 cm³/mol. The molecule has 1 saturated heterocycles. The van der Waals surface area contributed by atoms with Crippen LogP contribution in [0.4, 0.5) is 0 Å². The van der Waals surface area contributed by atoms with Gasteiger partial charge in [-0.1, -0.05) is 18.2 Å². The normalized spacial score (nSPS) is 18.3. The maximum atomic E-state index is 12.7. The molecule has 21 heavy (non-hydrogen) atoms. The summed E-state index contributed by atoms with van der Waals surface area (Å²) in [7, 11) is 0. The van der Waals surface area contributed by atoms with Gasteiger partial charge in [-0.2, -0.15) is 0 Å². The van der Waals surface area contributed by atoms with E-state index in [-0.39, 0.29) is 29.9 Å². The van der Waals surface area contributed by atoms with Crippen LogP contribution in [0, 0.1) is 0 Å². The summed E-state index contributed by atoms with van der Waals surface area (Å²) in [6, 6.07) is 9.08. The van der Waals surface area contributed by atoms with E-state index < -0.39 is 0 Å². The Hall–Kier alpha value is -1.85. The molecule has 1 aliphatic heterocycles. The van der Waals surface area contributed by atoms with Gasteiger partial charge in [-0.3, -0.25) is 9.59 Å². The van der Waals surface area contributed by atoms with E-state index in [1.165, 1.54) is 6.07 Å². The van der Waals surface area contributed by atoms with Crippen LogP contribution in [-0.4, -0.2) is 41.5 Å². The van der Waals surface area contributed by atoms with Crippen LogP contribution in [0.15, 0.2) is 35.1 Å². The monoisotopic (exact) mass is 307 g/mol. The highest BCUT2D eigenvalue weighted by molar-refractivity contribution is 6.06. The summed E-state index contributed by atoms with van der Waals surface area (Å²) < 4.78 is 0. The predicted octanol–water partition coefficient (Wildman–Crippen LogP) is 1.38. The first-order valence-electron chi connectivity index (χ1n) is 6.80. The summed E-state index contributed by atoms with van der Waals surface area (Å²) in [6.45, 7) is 4.17. The third-order valence-electron chi connectivity index (χ3n) is 3.64. The first-order valence-corrected chi connectivity index (χ1v) is 6.80. The number of aromatic amines is 1. The summed E-state index contributed by atoms with van der Waals surface area (Å²) >= 11 is 0. The largest absolute Gasteiger partial charge is 0.336 e. The van der Waals surface area contributed by atoms with Crippen molar-refractivity contribution in [3.05, 3.63) is 46.2 Å². The lowest BCUT2D eigenvalue weighted by atomic mass is 10.1. The third kappa shape index (κ3) is 3.09. The molecule has 2 heterocycles. The highest BCUT2D eigenvalue weighted by Crippen LogP contribution is 2.17. The number of hydrogen-bond acceptors (Lipinski definition) is 3. The number of aromatic nitrogens is 1. The quantitative estimate of drug-likeness (QED) is 0.836. The Morgan fingerprint density at radius 3 is 2.86 bits per heavy atom. The van der Waals surface area contributed by atoms with Crippen LogP contribution in [0.1, 0.15) is 17.3 Å². The Bertz CT molecular complexity index is 713. The number of fused-ring (bicyclic) bond motifs is 1. The molecule has 5 nitrogen and oxygen atoms in total. The molecule has 0 bridgehead atoms.